The summed E-state index contributed by atoms with van der Waals surface area (Å²) in [4.78, 5) is 27.7. The predicted octanol–water partition coefficient (Wildman–Crippen LogP) is 3.08. The quantitative estimate of drug-likeness (QED) is 0.709. The molecule has 2 saturated heterocycles. The highest BCUT2D eigenvalue weighted by atomic mass is 16.4. The van der Waals surface area contributed by atoms with Crippen molar-refractivity contribution in [2.75, 3.05) is 5.32 Å². The van der Waals surface area contributed by atoms with Gasteiger partial charge >= 0.3 is 6.03 Å². The molecule has 3 N–H and O–H groups in total. The zero-order chi connectivity index (χ0) is 19.3. The average Bonchev–Trinajstić information content (AvgIpc) is 3.22. The number of urea groups is 1. The lowest BCUT2D eigenvalue weighted by Gasteiger charge is -2.37. The molecule has 2 aromatic heterocycles. The number of nitrogens with one attached hydrogen (secondary N) is 1. The average molecular weight is 378 g/mol. The molecule has 5 rings (SSSR count). The van der Waals surface area contributed by atoms with Crippen molar-refractivity contribution in [2.24, 2.45) is 5.73 Å². The summed E-state index contributed by atoms with van der Waals surface area (Å²) < 4.78 is 5.59. The Hall–Kier alpha value is -3.00. The summed E-state index contributed by atoms with van der Waals surface area (Å²) >= 11 is 0. The molecule has 3 atom stereocenters. The monoisotopic (exact) mass is 378 g/mol. The molecule has 0 spiro atoms. The van der Waals surface area contributed by atoms with Crippen LogP contribution in [0.2, 0.25) is 0 Å². The number of aromatic nitrogens is 3. The molecule has 3 aromatic rings. The Morgan fingerprint density at radius 1 is 1.21 bits per heavy atom. The van der Waals surface area contributed by atoms with Crippen molar-refractivity contribution >= 4 is 22.9 Å². The summed E-state index contributed by atoms with van der Waals surface area (Å²) in [6, 6.07) is 6.28. The van der Waals surface area contributed by atoms with Crippen molar-refractivity contribution in [3.63, 3.8) is 0 Å². The highest BCUT2D eigenvalue weighted by Crippen LogP contribution is 2.35. The third-order valence-corrected chi connectivity index (χ3v) is 5.71. The van der Waals surface area contributed by atoms with Crippen LogP contribution in [0.4, 0.5) is 10.7 Å². The molecule has 2 fully saturated rings. The maximum absolute atomic E-state index is 12.8. The van der Waals surface area contributed by atoms with Crippen molar-refractivity contribution in [1.82, 2.24) is 19.9 Å². The van der Waals surface area contributed by atoms with Gasteiger partial charge in [-0.3, -0.25) is 5.32 Å². The standard InChI is InChI=1S/C20H22N6O2/c1-11-22-10-18(28-11)12-2-3-13-9-23-19(24-17(13)6-12)25-20(27)26-15-4-5-16(26)8-14(21)7-15/h2-3,6,9-10,14-16H,4-5,7-8,21H2,1H3,(H,23,24,25,27)/t14?,15-,16+. The second-order valence-electron chi connectivity index (χ2n) is 7.66. The number of amides is 2. The van der Waals surface area contributed by atoms with Crippen LogP contribution >= 0.6 is 0 Å². The lowest BCUT2D eigenvalue weighted by molar-refractivity contribution is 0.150. The molecular weight excluding hydrogens is 356 g/mol. The van der Waals surface area contributed by atoms with E-state index in [9.17, 15) is 4.79 Å². The van der Waals surface area contributed by atoms with Crippen LogP contribution in [0.1, 0.15) is 31.6 Å². The molecule has 1 aromatic carbocycles. The van der Waals surface area contributed by atoms with Gasteiger partial charge in [0.2, 0.25) is 5.95 Å². The first-order chi connectivity index (χ1) is 13.6. The van der Waals surface area contributed by atoms with Gasteiger partial charge in [0, 0.05) is 42.2 Å². The third-order valence-electron chi connectivity index (χ3n) is 5.71. The smallest absolute Gasteiger partial charge is 0.324 e. The Balaban J connectivity index is 1.39. The second kappa shape index (κ2) is 6.56. The second-order valence-corrected chi connectivity index (χ2v) is 7.66. The summed E-state index contributed by atoms with van der Waals surface area (Å²) in [5, 5.41) is 3.76. The van der Waals surface area contributed by atoms with Crippen LogP contribution in [0.25, 0.3) is 22.2 Å². The van der Waals surface area contributed by atoms with E-state index in [1.165, 1.54) is 0 Å². The number of piperidine rings is 1. The van der Waals surface area contributed by atoms with Crippen LogP contribution in [0.15, 0.2) is 35.0 Å². The number of anilines is 1. The van der Waals surface area contributed by atoms with Gasteiger partial charge in [0.15, 0.2) is 11.7 Å². The summed E-state index contributed by atoms with van der Waals surface area (Å²) in [5.41, 5.74) is 7.72. The van der Waals surface area contributed by atoms with Gasteiger partial charge in [-0.15, -0.1) is 0 Å². The molecule has 28 heavy (non-hydrogen) atoms. The van der Waals surface area contributed by atoms with Gasteiger partial charge in [0.1, 0.15) is 0 Å². The first-order valence-electron chi connectivity index (χ1n) is 9.61. The Bertz CT molecular complexity index is 1030. The normalized spacial score (nSPS) is 23.9. The molecule has 0 radical (unpaired) electrons. The minimum absolute atomic E-state index is 0.138. The molecule has 8 nitrogen and oxygen atoms in total. The van der Waals surface area contributed by atoms with Crippen LogP contribution < -0.4 is 11.1 Å². The Labute approximate surface area is 162 Å². The fourth-order valence-electron chi connectivity index (χ4n) is 4.44. The van der Waals surface area contributed by atoms with Gasteiger partial charge < -0.3 is 15.1 Å². The van der Waals surface area contributed by atoms with E-state index < -0.39 is 0 Å². The highest BCUT2D eigenvalue weighted by Gasteiger charge is 2.42. The maximum atomic E-state index is 12.8. The number of rotatable bonds is 2. The summed E-state index contributed by atoms with van der Waals surface area (Å²) in [6.07, 6.45) is 7.17. The summed E-state index contributed by atoms with van der Waals surface area (Å²) in [6.45, 7) is 1.81. The first-order valence-corrected chi connectivity index (χ1v) is 9.61. The first kappa shape index (κ1) is 17.1. The van der Waals surface area contributed by atoms with Gasteiger partial charge in [-0.25, -0.2) is 19.7 Å². The molecule has 1 unspecified atom stereocenters. The number of nitrogens with two attached hydrogens (primary N) is 1. The lowest BCUT2D eigenvalue weighted by atomic mass is 9.99. The molecule has 2 bridgehead atoms. The minimum atomic E-state index is -0.138. The van der Waals surface area contributed by atoms with Crippen LogP contribution in [0.3, 0.4) is 0 Å². The van der Waals surface area contributed by atoms with Crippen molar-refractivity contribution in [3.05, 3.63) is 36.5 Å². The van der Waals surface area contributed by atoms with Gasteiger partial charge in [0.25, 0.3) is 0 Å². The number of hydrogen-bond donors (Lipinski definition) is 2. The van der Waals surface area contributed by atoms with Crippen LogP contribution in [-0.2, 0) is 0 Å². The number of nitrogens with zero attached hydrogens (tertiary/aromatic N) is 4. The minimum Gasteiger partial charge on any atom is -0.441 e. The van der Waals surface area contributed by atoms with Crippen LogP contribution in [0.5, 0.6) is 0 Å². The maximum Gasteiger partial charge on any atom is 0.324 e. The Morgan fingerprint density at radius 2 is 2.00 bits per heavy atom. The van der Waals surface area contributed by atoms with Gasteiger partial charge in [-0.2, -0.15) is 0 Å². The van der Waals surface area contributed by atoms with E-state index in [1.54, 1.807) is 19.3 Å². The van der Waals surface area contributed by atoms with Crippen molar-refractivity contribution in [1.29, 1.82) is 0 Å². The molecule has 2 amide bonds. The van der Waals surface area contributed by atoms with Crippen molar-refractivity contribution in [2.45, 2.75) is 50.7 Å². The molecule has 2 aliphatic heterocycles. The van der Waals surface area contributed by atoms with Crippen molar-refractivity contribution in [3.8, 4) is 11.3 Å². The Kier molecular flexibility index (Phi) is 4.01. The van der Waals surface area contributed by atoms with Gasteiger partial charge in [-0.1, -0.05) is 12.1 Å². The number of benzene rings is 1. The van der Waals surface area contributed by atoms with Gasteiger partial charge in [-0.05, 0) is 31.7 Å². The number of aryl methyl sites for hydroxylation is 1. The topological polar surface area (TPSA) is 110 Å². The highest BCUT2D eigenvalue weighted by molar-refractivity contribution is 5.90. The predicted molar refractivity (Wildman–Crippen MR) is 105 cm³/mol. The largest absolute Gasteiger partial charge is 0.441 e. The Morgan fingerprint density at radius 3 is 2.71 bits per heavy atom. The SMILES string of the molecule is Cc1ncc(-c2ccc3cnc(NC(=O)N4[C@@H]5CC[C@H]4CC(N)C5)nc3c2)o1. The van der Waals surface area contributed by atoms with Gasteiger partial charge in [0.05, 0.1) is 11.7 Å². The molecule has 4 heterocycles. The fourth-order valence-corrected chi connectivity index (χ4v) is 4.44. The molecule has 144 valence electrons. The van der Waals surface area contributed by atoms with E-state index in [1.807, 2.05) is 23.1 Å². The van der Waals surface area contributed by atoms with E-state index >= 15 is 0 Å². The van der Waals surface area contributed by atoms with E-state index in [0.29, 0.717) is 17.6 Å². The fraction of sp³-hybridized carbons (Fsp3) is 0.400. The molecule has 2 aliphatic rings. The van der Waals surface area contributed by atoms with Crippen LogP contribution in [-0.4, -0.2) is 44.0 Å². The van der Waals surface area contributed by atoms with E-state index in [-0.39, 0.29) is 24.2 Å². The molecule has 0 saturated carbocycles. The number of hydrogen-bond acceptors (Lipinski definition) is 6. The molecular formula is C20H22N6O2. The molecule has 8 heteroatoms. The number of carbonyl (C=O) groups excluding carboxylic acids is 1. The van der Waals surface area contributed by atoms with Crippen LogP contribution in [0, 0.1) is 6.92 Å². The summed E-state index contributed by atoms with van der Waals surface area (Å²) in [5.74, 6) is 1.60. The molecule has 0 aliphatic carbocycles. The summed E-state index contributed by atoms with van der Waals surface area (Å²) in [7, 11) is 0. The number of oxazole rings is 1. The number of carbonyl (C=O) groups is 1. The van der Waals surface area contributed by atoms with E-state index in [2.05, 4.69) is 20.3 Å². The van der Waals surface area contributed by atoms with Crippen molar-refractivity contribution < 1.29 is 9.21 Å². The lowest BCUT2D eigenvalue weighted by Crippen LogP contribution is -2.51. The number of fused-ring (bicyclic) bond motifs is 3. The van der Waals surface area contributed by atoms with E-state index in [0.717, 1.165) is 42.1 Å². The van der Waals surface area contributed by atoms with E-state index in [4.69, 9.17) is 10.2 Å². The third kappa shape index (κ3) is 2.99. The zero-order valence-corrected chi connectivity index (χ0v) is 15.6. The zero-order valence-electron chi connectivity index (χ0n) is 15.6.